The van der Waals surface area contributed by atoms with Crippen LogP contribution in [0.15, 0.2) is 24.3 Å². The highest BCUT2D eigenvalue weighted by Crippen LogP contribution is 2.37. The van der Waals surface area contributed by atoms with Crippen LogP contribution in [0.2, 0.25) is 5.02 Å². The number of likely N-dealkylation sites (tertiary alicyclic amines) is 1. The first-order chi connectivity index (χ1) is 13.1. The number of halogens is 1. The topological polar surface area (TPSA) is 75.9 Å². The standard InChI is InChI=1S/C19H25ClN6O/c1-2-16(18(27)25-11-8-19(9-12-25)7-10-21-13-19)26-23-17(22-24-26)14-3-5-15(20)6-4-14/h3-6,16,21H,2,7-13H2,1H3. The summed E-state index contributed by atoms with van der Waals surface area (Å²) in [7, 11) is 0. The lowest BCUT2D eigenvalue weighted by Gasteiger charge is -2.39. The Morgan fingerprint density at radius 3 is 2.63 bits per heavy atom. The molecule has 7 nitrogen and oxygen atoms in total. The van der Waals surface area contributed by atoms with E-state index in [0.717, 1.165) is 44.6 Å². The average molecular weight is 389 g/mol. The summed E-state index contributed by atoms with van der Waals surface area (Å²) >= 11 is 5.93. The lowest BCUT2D eigenvalue weighted by molar-refractivity contribution is -0.137. The van der Waals surface area contributed by atoms with Crippen molar-refractivity contribution in [2.45, 2.75) is 38.6 Å². The van der Waals surface area contributed by atoms with Crippen molar-refractivity contribution in [2.24, 2.45) is 5.41 Å². The zero-order valence-corrected chi connectivity index (χ0v) is 16.3. The third-order valence-electron chi connectivity index (χ3n) is 5.95. The monoisotopic (exact) mass is 388 g/mol. The molecule has 0 saturated carbocycles. The quantitative estimate of drug-likeness (QED) is 0.871. The van der Waals surface area contributed by atoms with Crippen molar-refractivity contribution in [3.8, 4) is 11.4 Å². The second-order valence-electron chi connectivity index (χ2n) is 7.62. The summed E-state index contributed by atoms with van der Waals surface area (Å²) < 4.78 is 0. The molecule has 1 aromatic carbocycles. The summed E-state index contributed by atoms with van der Waals surface area (Å²) in [5.74, 6) is 0.603. The fraction of sp³-hybridized carbons (Fsp3) is 0.579. The summed E-state index contributed by atoms with van der Waals surface area (Å²) in [5.41, 5.74) is 1.23. The van der Waals surface area contributed by atoms with E-state index in [2.05, 4.69) is 20.7 Å². The van der Waals surface area contributed by atoms with Crippen molar-refractivity contribution in [1.82, 2.24) is 30.4 Å². The molecule has 2 saturated heterocycles. The van der Waals surface area contributed by atoms with Gasteiger partial charge < -0.3 is 10.2 Å². The molecule has 1 aromatic heterocycles. The average Bonchev–Trinajstić information content (AvgIpc) is 3.34. The van der Waals surface area contributed by atoms with Gasteiger partial charge in [-0.2, -0.15) is 4.80 Å². The Balaban J connectivity index is 1.45. The Labute approximate surface area is 164 Å². The highest BCUT2D eigenvalue weighted by Gasteiger charge is 2.39. The molecule has 1 spiro atoms. The molecule has 0 bridgehead atoms. The van der Waals surface area contributed by atoms with Gasteiger partial charge in [-0.15, -0.1) is 10.2 Å². The summed E-state index contributed by atoms with van der Waals surface area (Å²) in [5, 5.41) is 16.9. The molecule has 4 rings (SSSR count). The smallest absolute Gasteiger partial charge is 0.249 e. The molecule has 27 heavy (non-hydrogen) atoms. The van der Waals surface area contributed by atoms with Crippen LogP contribution in [0, 0.1) is 5.41 Å². The van der Waals surface area contributed by atoms with Gasteiger partial charge in [-0.05, 0) is 67.1 Å². The third-order valence-corrected chi connectivity index (χ3v) is 6.20. The number of benzene rings is 1. The van der Waals surface area contributed by atoms with E-state index in [1.807, 2.05) is 24.0 Å². The lowest BCUT2D eigenvalue weighted by Crippen LogP contribution is -2.46. The Morgan fingerprint density at radius 2 is 2.00 bits per heavy atom. The zero-order chi connectivity index (χ0) is 18.9. The molecule has 2 aliphatic rings. The van der Waals surface area contributed by atoms with E-state index in [1.54, 1.807) is 12.1 Å². The van der Waals surface area contributed by atoms with E-state index >= 15 is 0 Å². The van der Waals surface area contributed by atoms with Crippen molar-refractivity contribution < 1.29 is 4.79 Å². The fourth-order valence-corrected chi connectivity index (χ4v) is 4.27. The van der Waals surface area contributed by atoms with Crippen LogP contribution in [-0.4, -0.2) is 57.2 Å². The summed E-state index contributed by atoms with van der Waals surface area (Å²) in [6, 6.07) is 6.88. The molecule has 1 unspecified atom stereocenters. The number of nitrogens with one attached hydrogen (secondary N) is 1. The van der Waals surface area contributed by atoms with Crippen molar-refractivity contribution in [3.63, 3.8) is 0 Å². The number of carbonyl (C=O) groups excluding carboxylic acids is 1. The minimum atomic E-state index is -0.408. The molecule has 1 atom stereocenters. The maximum Gasteiger partial charge on any atom is 0.249 e. The molecule has 1 N–H and O–H groups in total. The Kier molecular flexibility index (Phi) is 5.14. The maximum absolute atomic E-state index is 13.1. The van der Waals surface area contributed by atoms with Crippen LogP contribution >= 0.6 is 11.6 Å². The minimum absolute atomic E-state index is 0.0957. The van der Waals surface area contributed by atoms with Gasteiger partial charge >= 0.3 is 0 Å². The molecule has 2 aromatic rings. The molecule has 2 aliphatic heterocycles. The van der Waals surface area contributed by atoms with Gasteiger partial charge in [0.1, 0.15) is 0 Å². The van der Waals surface area contributed by atoms with Crippen LogP contribution in [0.4, 0.5) is 0 Å². The van der Waals surface area contributed by atoms with Gasteiger partial charge in [0.2, 0.25) is 11.7 Å². The molecule has 3 heterocycles. The predicted molar refractivity (Wildman–Crippen MR) is 103 cm³/mol. The van der Waals surface area contributed by atoms with Crippen LogP contribution in [-0.2, 0) is 4.79 Å². The van der Waals surface area contributed by atoms with Crippen LogP contribution in [0.3, 0.4) is 0 Å². The summed E-state index contributed by atoms with van der Waals surface area (Å²) in [4.78, 5) is 16.5. The van der Waals surface area contributed by atoms with E-state index in [-0.39, 0.29) is 5.91 Å². The van der Waals surface area contributed by atoms with Crippen molar-refractivity contribution in [2.75, 3.05) is 26.2 Å². The SMILES string of the molecule is CCC(C(=O)N1CCC2(CCNC2)CC1)n1nnc(-c2ccc(Cl)cc2)n1. The van der Waals surface area contributed by atoms with E-state index in [4.69, 9.17) is 11.6 Å². The molecule has 0 aliphatic carbocycles. The van der Waals surface area contributed by atoms with Gasteiger partial charge in [0.15, 0.2) is 6.04 Å². The Hall–Kier alpha value is -1.99. The molecule has 2 fully saturated rings. The van der Waals surface area contributed by atoms with Crippen molar-refractivity contribution in [1.29, 1.82) is 0 Å². The number of hydrogen-bond acceptors (Lipinski definition) is 5. The predicted octanol–water partition coefficient (Wildman–Crippen LogP) is 2.55. The first-order valence-corrected chi connectivity index (χ1v) is 10.0. The van der Waals surface area contributed by atoms with E-state index < -0.39 is 6.04 Å². The fourth-order valence-electron chi connectivity index (χ4n) is 4.14. The van der Waals surface area contributed by atoms with Gasteiger partial charge in [0.05, 0.1) is 0 Å². The highest BCUT2D eigenvalue weighted by molar-refractivity contribution is 6.30. The van der Waals surface area contributed by atoms with E-state index in [0.29, 0.717) is 22.7 Å². The number of aromatic nitrogens is 4. The molecule has 1 amide bonds. The third kappa shape index (κ3) is 3.71. The summed E-state index contributed by atoms with van der Waals surface area (Å²) in [6.07, 6.45) is 4.01. The number of amides is 1. The van der Waals surface area contributed by atoms with Crippen LogP contribution in [0.25, 0.3) is 11.4 Å². The summed E-state index contributed by atoms with van der Waals surface area (Å²) in [6.45, 7) is 5.80. The van der Waals surface area contributed by atoms with Crippen molar-refractivity contribution >= 4 is 17.5 Å². The van der Waals surface area contributed by atoms with Gasteiger partial charge in [-0.1, -0.05) is 18.5 Å². The lowest BCUT2D eigenvalue weighted by atomic mass is 9.77. The number of rotatable bonds is 4. The second-order valence-corrected chi connectivity index (χ2v) is 8.05. The highest BCUT2D eigenvalue weighted by atomic mass is 35.5. The van der Waals surface area contributed by atoms with Gasteiger partial charge in [0.25, 0.3) is 0 Å². The van der Waals surface area contributed by atoms with Gasteiger partial charge in [0, 0.05) is 30.2 Å². The molecule has 0 radical (unpaired) electrons. The van der Waals surface area contributed by atoms with Crippen LogP contribution in [0.1, 0.15) is 38.6 Å². The zero-order valence-electron chi connectivity index (χ0n) is 15.6. The number of carbonyl (C=O) groups is 1. The van der Waals surface area contributed by atoms with Crippen LogP contribution < -0.4 is 5.32 Å². The Morgan fingerprint density at radius 1 is 1.26 bits per heavy atom. The molecular weight excluding hydrogens is 364 g/mol. The normalized spacial score (nSPS) is 20.1. The number of tetrazole rings is 1. The number of piperidine rings is 1. The van der Waals surface area contributed by atoms with Gasteiger partial charge in [-0.3, -0.25) is 4.79 Å². The minimum Gasteiger partial charge on any atom is -0.341 e. The van der Waals surface area contributed by atoms with Crippen LogP contribution in [0.5, 0.6) is 0 Å². The number of nitrogens with zero attached hydrogens (tertiary/aromatic N) is 5. The first kappa shape index (κ1) is 18.4. The van der Waals surface area contributed by atoms with Crippen molar-refractivity contribution in [3.05, 3.63) is 29.3 Å². The first-order valence-electron chi connectivity index (χ1n) is 9.65. The second kappa shape index (κ2) is 7.56. The largest absolute Gasteiger partial charge is 0.341 e. The van der Waals surface area contributed by atoms with Gasteiger partial charge in [-0.25, -0.2) is 0 Å². The molecular formula is C19H25ClN6O. The molecule has 8 heteroatoms. The maximum atomic E-state index is 13.1. The Bertz CT molecular complexity index is 789. The number of hydrogen-bond donors (Lipinski definition) is 1. The van der Waals surface area contributed by atoms with E-state index in [1.165, 1.54) is 11.2 Å². The van der Waals surface area contributed by atoms with E-state index in [9.17, 15) is 4.79 Å². The molecule has 144 valence electrons.